The lowest BCUT2D eigenvalue weighted by molar-refractivity contribution is 0.311. The lowest BCUT2D eigenvalue weighted by Gasteiger charge is -2.15. The molecular formula is C18H26N4O4S2. The van der Waals surface area contributed by atoms with Crippen molar-refractivity contribution in [3.8, 4) is 11.5 Å². The van der Waals surface area contributed by atoms with Crippen molar-refractivity contribution in [2.45, 2.75) is 18.1 Å². The zero-order valence-corrected chi connectivity index (χ0v) is 18.0. The molecule has 0 amide bonds. The SMILES string of the molecule is CCOc1cc(NC(=NC)NCCNS(=O)(=O)c2ccc(C)s2)ccc1OC. The molecule has 154 valence electrons. The van der Waals surface area contributed by atoms with E-state index < -0.39 is 10.0 Å². The molecule has 1 aromatic heterocycles. The molecule has 10 heteroatoms. The van der Waals surface area contributed by atoms with Gasteiger partial charge in [0.15, 0.2) is 17.5 Å². The van der Waals surface area contributed by atoms with Gasteiger partial charge in [0, 0.05) is 36.8 Å². The summed E-state index contributed by atoms with van der Waals surface area (Å²) in [6.07, 6.45) is 0. The van der Waals surface area contributed by atoms with E-state index >= 15 is 0 Å². The summed E-state index contributed by atoms with van der Waals surface area (Å²) in [4.78, 5) is 5.10. The van der Waals surface area contributed by atoms with Gasteiger partial charge in [-0.25, -0.2) is 13.1 Å². The molecule has 0 aliphatic rings. The number of hydrogen-bond acceptors (Lipinski definition) is 6. The highest BCUT2D eigenvalue weighted by Gasteiger charge is 2.15. The number of nitrogens with one attached hydrogen (secondary N) is 3. The largest absolute Gasteiger partial charge is 0.493 e. The lowest BCUT2D eigenvalue weighted by atomic mass is 10.2. The fraction of sp³-hybridized carbons (Fsp3) is 0.389. The van der Waals surface area contributed by atoms with Crippen LogP contribution in [-0.4, -0.2) is 48.2 Å². The molecule has 0 bridgehead atoms. The predicted octanol–water partition coefficient (Wildman–Crippen LogP) is 2.43. The fourth-order valence-electron chi connectivity index (χ4n) is 2.33. The molecule has 0 atom stereocenters. The van der Waals surface area contributed by atoms with Crippen LogP contribution in [0.5, 0.6) is 11.5 Å². The van der Waals surface area contributed by atoms with Crippen molar-refractivity contribution < 1.29 is 17.9 Å². The Morgan fingerprint density at radius 3 is 2.57 bits per heavy atom. The van der Waals surface area contributed by atoms with Gasteiger partial charge in [-0.3, -0.25) is 4.99 Å². The Kier molecular flexibility index (Phi) is 8.09. The summed E-state index contributed by atoms with van der Waals surface area (Å²) in [6, 6.07) is 8.86. The van der Waals surface area contributed by atoms with E-state index in [1.54, 1.807) is 32.4 Å². The van der Waals surface area contributed by atoms with E-state index in [1.807, 2.05) is 26.0 Å². The standard InChI is InChI=1S/C18H26N4O4S2/c1-5-26-16-12-14(7-8-15(16)25-4)22-18(19-3)20-10-11-21-28(23,24)17-9-6-13(2)27-17/h6-9,12,21H,5,10-11H2,1-4H3,(H2,19,20,22). The number of aryl methyl sites for hydroxylation is 1. The van der Waals surface area contributed by atoms with Gasteiger partial charge in [0.25, 0.3) is 0 Å². The molecule has 2 aromatic rings. The van der Waals surface area contributed by atoms with E-state index in [1.165, 1.54) is 11.3 Å². The zero-order valence-electron chi connectivity index (χ0n) is 16.4. The quantitative estimate of drug-likeness (QED) is 0.323. The summed E-state index contributed by atoms with van der Waals surface area (Å²) in [5.41, 5.74) is 0.770. The van der Waals surface area contributed by atoms with Crippen LogP contribution in [-0.2, 0) is 10.0 Å². The summed E-state index contributed by atoms with van der Waals surface area (Å²) in [7, 11) is -0.258. The number of methoxy groups -OCH3 is 1. The van der Waals surface area contributed by atoms with Crippen molar-refractivity contribution in [1.82, 2.24) is 10.0 Å². The Morgan fingerprint density at radius 1 is 1.18 bits per heavy atom. The van der Waals surface area contributed by atoms with E-state index in [2.05, 4.69) is 20.3 Å². The summed E-state index contributed by atoms with van der Waals surface area (Å²) in [6.45, 7) is 4.90. The second-order valence-corrected chi connectivity index (χ2v) is 8.97. The molecule has 8 nitrogen and oxygen atoms in total. The number of sulfonamides is 1. The number of hydrogen-bond donors (Lipinski definition) is 3. The van der Waals surface area contributed by atoms with Crippen molar-refractivity contribution >= 4 is 33.0 Å². The first-order valence-electron chi connectivity index (χ1n) is 8.74. The van der Waals surface area contributed by atoms with E-state index in [0.717, 1.165) is 10.6 Å². The molecule has 0 aliphatic heterocycles. The minimum Gasteiger partial charge on any atom is -0.493 e. The van der Waals surface area contributed by atoms with Gasteiger partial charge in [-0.15, -0.1) is 11.3 Å². The summed E-state index contributed by atoms with van der Waals surface area (Å²) < 4.78 is 38.1. The van der Waals surface area contributed by atoms with Gasteiger partial charge in [-0.1, -0.05) is 0 Å². The van der Waals surface area contributed by atoms with Gasteiger partial charge in [-0.2, -0.15) is 0 Å². The summed E-state index contributed by atoms with van der Waals surface area (Å²) in [5, 5.41) is 6.21. The van der Waals surface area contributed by atoms with Crippen LogP contribution in [0.2, 0.25) is 0 Å². The van der Waals surface area contributed by atoms with Gasteiger partial charge in [-0.05, 0) is 38.1 Å². The number of benzene rings is 1. The molecule has 2 rings (SSSR count). The first-order valence-corrected chi connectivity index (χ1v) is 11.0. The highest BCUT2D eigenvalue weighted by molar-refractivity contribution is 7.91. The molecule has 0 saturated heterocycles. The third kappa shape index (κ3) is 6.11. The summed E-state index contributed by atoms with van der Waals surface area (Å²) >= 11 is 1.24. The number of aliphatic imine (C=N–C) groups is 1. The van der Waals surface area contributed by atoms with Crippen LogP contribution < -0.4 is 24.8 Å². The fourth-order valence-corrected chi connectivity index (χ4v) is 4.69. The van der Waals surface area contributed by atoms with Crippen LogP contribution in [0.3, 0.4) is 0 Å². The molecule has 0 fully saturated rings. The van der Waals surface area contributed by atoms with Crippen LogP contribution in [0, 0.1) is 6.92 Å². The molecular weight excluding hydrogens is 400 g/mol. The average molecular weight is 427 g/mol. The number of rotatable bonds is 9. The smallest absolute Gasteiger partial charge is 0.250 e. The lowest BCUT2D eigenvalue weighted by Crippen LogP contribution is -2.37. The van der Waals surface area contributed by atoms with Crippen LogP contribution in [0.4, 0.5) is 5.69 Å². The normalized spacial score (nSPS) is 11.9. The second-order valence-electron chi connectivity index (χ2n) is 5.69. The molecule has 0 radical (unpaired) electrons. The monoisotopic (exact) mass is 426 g/mol. The molecule has 1 aromatic carbocycles. The third-order valence-corrected chi connectivity index (χ3v) is 6.59. The van der Waals surface area contributed by atoms with Gasteiger partial charge in [0.05, 0.1) is 13.7 Å². The number of guanidine groups is 1. The van der Waals surface area contributed by atoms with Crippen molar-refractivity contribution in [3.05, 3.63) is 35.2 Å². The Balaban J connectivity index is 1.89. The number of nitrogens with zero attached hydrogens (tertiary/aromatic N) is 1. The van der Waals surface area contributed by atoms with Crippen LogP contribution in [0.15, 0.2) is 39.5 Å². The van der Waals surface area contributed by atoms with E-state index in [9.17, 15) is 8.42 Å². The number of anilines is 1. The van der Waals surface area contributed by atoms with Crippen LogP contribution in [0.25, 0.3) is 0 Å². The molecule has 0 aliphatic carbocycles. The Morgan fingerprint density at radius 2 is 1.96 bits per heavy atom. The van der Waals surface area contributed by atoms with Gasteiger partial charge in [0.1, 0.15) is 4.21 Å². The van der Waals surface area contributed by atoms with E-state index in [-0.39, 0.29) is 6.54 Å². The Bertz CT molecular complexity index is 910. The van der Waals surface area contributed by atoms with Crippen LogP contribution in [0.1, 0.15) is 11.8 Å². The van der Waals surface area contributed by atoms with E-state index in [4.69, 9.17) is 9.47 Å². The Hall–Kier alpha value is -2.30. The third-order valence-electron chi connectivity index (χ3n) is 3.64. The van der Waals surface area contributed by atoms with Gasteiger partial charge < -0.3 is 20.1 Å². The topological polar surface area (TPSA) is 101 Å². The molecule has 28 heavy (non-hydrogen) atoms. The highest BCUT2D eigenvalue weighted by atomic mass is 32.2. The number of ether oxygens (including phenoxy) is 2. The first-order chi connectivity index (χ1) is 13.4. The van der Waals surface area contributed by atoms with Gasteiger partial charge in [0.2, 0.25) is 10.0 Å². The maximum Gasteiger partial charge on any atom is 0.250 e. The molecule has 1 heterocycles. The van der Waals surface area contributed by atoms with Crippen LogP contribution >= 0.6 is 11.3 Å². The van der Waals surface area contributed by atoms with E-state index in [0.29, 0.717) is 34.8 Å². The van der Waals surface area contributed by atoms with Crippen molar-refractivity contribution in [1.29, 1.82) is 0 Å². The van der Waals surface area contributed by atoms with Crippen molar-refractivity contribution in [2.24, 2.45) is 4.99 Å². The molecule has 3 N–H and O–H groups in total. The second kappa shape index (κ2) is 10.3. The van der Waals surface area contributed by atoms with Crippen molar-refractivity contribution in [3.63, 3.8) is 0 Å². The van der Waals surface area contributed by atoms with Gasteiger partial charge >= 0.3 is 0 Å². The van der Waals surface area contributed by atoms with Crippen molar-refractivity contribution in [2.75, 3.05) is 39.2 Å². The molecule has 0 spiro atoms. The molecule has 0 unspecified atom stereocenters. The average Bonchev–Trinajstić information content (AvgIpc) is 3.12. The zero-order chi connectivity index (χ0) is 20.6. The predicted molar refractivity (Wildman–Crippen MR) is 113 cm³/mol. The number of thiophene rings is 1. The molecule has 0 saturated carbocycles. The highest BCUT2D eigenvalue weighted by Crippen LogP contribution is 2.30. The minimum atomic E-state index is -3.48. The maximum atomic E-state index is 12.2. The maximum absolute atomic E-state index is 12.2. The Labute approximate surface area is 170 Å². The summed E-state index contributed by atoms with van der Waals surface area (Å²) in [5.74, 6) is 1.79. The first kappa shape index (κ1) is 22.0. The minimum absolute atomic E-state index is 0.229.